The second kappa shape index (κ2) is 5.09. The molecule has 1 rings (SSSR count). The summed E-state index contributed by atoms with van der Waals surface area (Å²) in [5.41, 5.74) is 6.26. The summed E-state index contributed by atoms with van der Waals surface area (Å²) >= 11 is 0. The summed E-state index contributed by atoms with van der Waals surface area (Å²) in [6, 6.07) is 3.34. The molecule has 0 saturated carbocycles. The Hall–Kier alpha value is -1.13. The third-order valence-electron chi connectivity index (χ3n) is 2.23. The van der Waals surface area contributed by atoms with E-state index in [1.807, 2.05) is 0 Å². The molecule has 3 nitrogen and oxygen atoms in total. The maximum atomic E-state index is 13.4. The molecule has 0 bridgehead atoms. The zero-order chi connectivity index (χ0) is 11.4. The Kier molecular flexibility index (Phi) is 4.05. The highest BCUT2D eigenvalue weighted by Gasteiger charge is 2.09. The Balaban J connectivity index is 2.74. The smallest absolute Gasteiger partial charge is 0.132 e. The fourth-order valence-electron chi connectivity index (χ4n) is 1.21. The Morgan fingerprint density at radius 3 is 2.73 bits per heavy atom. The largest absolute Gasteiger partial charge is 0.490 e. The van der Waals surface area contributed by atoms with Crippen LogP contribution in [0.3, 0.4) is 0 Å². The summed E-state index contributed by atoms with van der Waals surface area (Å²) in [6.45, 7) is 3.56. The van der Waals surface area contributed by atoms with Crippen LogP contribution in [-0.2, 0) is 0 Å². The minimum absolute atomic E-state index is 0.0832. The Morgan fingerprint density at radius 2 is 2.13 bits per heavy atom. The predicted octanol–water partition coefficient (Wildman–Crippen LogP) is 1.14. The van der Waals surface area contributed by atoms with E-state index in [2.05, 4.69) is 0 Å². The first-order valence-electron chi connectivity index (χ1n) is 4.83. The summed E-state index contributed by atoms with van der Waals surface area (Å²) in [7, 11) is 0. The SMILES string of the molecule is Cc1ccc(OC[C@H](O)CN)c(C)c1F. The average Bonchev–Trinajstić information content (AvgIpc) is 2.24. The van der Waals surface area contributed by atoms with Crippen LogP contribution in [0.5, 0.6) is 5.75 Å². The molecule has 0 fully saturated rings. The van der Waals surface area contributed by atoms with Crippen LogP contribution in [0.15, 0.2) is 12.1 Å². The van der Waals surface area contributed by atoms with E-state index in [0.717, 1.165) is 0 Å². The van der Waals surface area contributed by atoms with Crippen LogP contribution < -0.4 is 10.5 Å². The van der Waals surface area contributed by atoms with Gasteiger partial charge in [-0.05, 0) is 25.5 Å². The van der Waals surface area contributed by atoms with Gasteiger partial charge in [-0.1, -0.05) is 6.07 Å². The third-order valence-corrected chi connectivity index (χ3v) is 2.23. The van der Waals surface area contributed by atoms with E-state index in [0.29, 0.717) is 16.9 Å². The minimum atomic E-state index is -0.714. The molecule has 1 aromatic carbocycles. The number of ether oxygens (including phenoxy) is 1. The molecule has 4 heteroatoms. The summed E-state index contributed by atoms with van der Waals surface area (Å²) in [4.78, 5) is 0. The first kappa shape index (κ1) is 11.9. The van der Waals surface area contributed by atoms with Gasteiger partial charge in [0.15, 0.2) is 0 Å². The van der Waals surface area contributed by atoms with Gasteiger partial charge >= 0.3 is 0 Å². The number of aryl methyl sites for hydroxylation is 1. The van der Waals surface area contributed by atoms with Crippen molar-refractivity contribution < 1.29 is 14.2 Å². The monoisotopic (exact) mass is 213 g/mol. The number of hydrogen-bond donors (Lipinski definition) is 2. The number of benzene rings is 1. The molecule has 84 valence electrons. The number of hydrogen-bond acceptors (Lipinski definition) is 3. The van der Waals surface area contributed by atoms with Gasteiger partial charge in [0.1, 0.15) is 24.3 Å². The molecule has 0 aliphatic carbocycles. The number of aliphatic hydroxyl groups excluding tert-OH is 1. The van der Waals surface area contributed by atoms with Crippen LogP contribution >= 0.6 is 0 Å². The van der Waals surface area contributed by atoms with Gasteiger partial charge in [0.25, 0.3) is 0 Å². The average molecular weight is 213 g/mol. The van der Waals surface area contributed by atoms with Gasteiger partial charge < -0.3 is 15.6 Å². The van der Waals surface area contributed by atoms with Crippen LogP contribution in [0, 0.1) is 19.7 Å². The predicted molar refractivity (Wildman–Crippen MR) is 56.4 cm³/mol. The number of rotatable bonds is 4. The quantitative estimate of drug-likeness (QED) is 0.788. The molecule has 0 aliphatic rings. The highest BCUT2D eigenvalue weighted by molar-refractivity contribution is 5.37. The molecule has 0 aliphatic heterocycles. The highest BCUT2D eigenvalue weighted by atomic mass is 19.1. The van der Waals surface area contributed by atoms with Gasteiger partial charge in [0, 0.05) is 12.1 Å². The van der Waals surface area contributed by atoms with Crippen molar-refractivity contribution in [2.75, 3.05) is 13.2 Å². The van der Waals surface area contributed by atoms with E-state index >= 15 is 0 Å². The second-order valence-electron chi connectivity index (χ2n) is 3.52. The molecule has 15 heavy (non-hydrogen) atoms. The molecule has 1 aromatic rings. The standard InChI is InChI=1S/C11H16FNO2/c1-7-3-4-10(8(2)11(7)12)15-6-9(14)5-13/h3-4,9,14H,5-6,13H2,1-2H3/t9-/m1/s1. The molecule has 0 heterocycles. The van der Waals surface area contributed by atoms with Gasteiger partial charge in [-0.25, -0.2) is 4.39 Å². The lowest BCUT2D eigenvalue weighted by molar-refractivity contribution is 0.113. The fraction of sp³-hybridized carbons (Fsp3) is 0.455. The van der Waals surface area contributed by atoms with Crippen molar-refractivity contribution in [1.29, 1.82) is 0 Å². The van der Waals surface area contributed by atoms with E-state index in [9.17, 15) is 9.50 Å². The Morgan fingerprint density at radius 1 is 1.47 bits per heavy atom. The molecular weight excluding hydrogens is 197 g/mol. The van der Waals surface area contributed by atoms with Gasteiger partial charge in [-0.3, -0.25) is 0 Å². The summed E-state index contributed by atoms with van der Waals surface area (Å²) in [6.07, 6.45) is -0.714. The van der Waals surface area contributed by atoms with Crippen molar-refractivity contribution in [1.82, 2.24) is 0 Å². The first-order valence-corrected chi connectivity index (χ1v) is 4.83. The number of nitrogens with two attached hydrogens (primary N) is 1. The number of aliphatic hydroxyl groups is 1. The van der Waals surface area contributed by atoms with E-state index in [1.165, 1.54) is 0 Å². The molecule has 0 saturated heterocycles. The van der Waals surface area contributed by atoms with Crippen molar-refractivity contribution in [3.8, 4) is 5.75 Å². The van der Waals surface area contributed by atoms with E-state index < -0.39 is 6.10 Å². The van der Waals surface area contributed by atoms with Crippen molar-refractivity contribution in [2.24, 2.45) is 5.73 Å². The minimum Gasteiger partial charge on any atom is -0.490 e. The molecule has 0 unspecified atom stereocenters. The van der Waals surface area contributed by atoms with Crippen LogP contribution in [0.1, 0.15) is 11.1 Å². The Bertz CT molecular complexity index is 342. The summed E-state index contributed by atoms with van der Waals surface area (Å²) in [5, 5.41) is 9.19. The van der Waals surface area contributed by atoms with E-state index in [-0.39, 0.29) is 19.0 Å². The van der Waals surface area contributed by atoms with E-state index in [4.69, 9.17) is 10.5 Å². The normalized spacial score (nSPS) is 12.6. The molecule has 0 spiro atoms. The molecule has 0 radical (unpaired) electrons. The van der Waals surface area contributed by atoms with Gasteiger partial charge in [0.05, 0.1) is 0 Å². The van der Waals surface area contributed by atoms with Gasteiger partial charge in [-0.2, -0.15) is 0 Å². The molecular formula is C11H16FNO2. The molecule has 0 aromatic heterocycles. The fourth-order valence-corrected chi connectivity index (χ4v) is 1.21. The number of halogens is 1. The maximum absolute atomic E-state index is 13.4. The Labute approximate surface area is 88.7 Å². The van der Waals surface area contributed by atoms with Crippen LogP contribution in [0.25, 0.3) is 0 Å². The molecule has 3 N–H and O–H groups in total. The molecule has 1 atom stereocenters. The topological polar surface area (TPSA) is 55.5 Å². The highest BCUT2D eigenvalue weighted by Crippen LogP contribution is 2.22. The maximum Gasteiger partial charge on any atom is 0.132 e. The van der Waals surface area contributed by atoms with Crippen molar-refractivity contribution in [3.05, 3.63) is 29.1 Å². The second-order valence-corrected chi connectivity index (χ2v) is 3.52. The zero-order valence-electron chi connectivity index (χ0n) is 8.96. The van der Waals surface area contributed by atoms with Crippen molar-refractivity contribution in [3.63, 3.8) is 0 Å². The summed E-state index contributed by atoms with van der Waals surface area (Å²) < 4.78 is 18.7. The van der Waals surface area contributed by atoms with Crippen LogP contribution in [-0.4, -0.2) is 24.4 Å². The first-order chi connectivity index (χ1) is 7.06. The summed E-state index contributed by atoms with van der Waals surface area (Å²) in [5.74, 6) is 0.181. The molecule has 0 amide bonds. The third kappa shape index (κ3) is 2.91. The van der Waals surface area contributed by atoms with Gasteiger partial charge in [-0.15, -0.1) is 0 Å². The van der Waals surface area contributed by atoms with Crippen molar-refractivity contribution >= 4 is 0 Å². The lowest BCUT2D eigenvalue weighted by atomic mass is 10.1. The van der Waals surface area contributed by atoms with Crippen LogP contribution in [0.2, 0.25) is 0 Å². The van der Waals surface area contributed by atoms with Crippen molar-refractivity contribution in [2.45, 2.75) is 20.0 Å². The van der Waals surface area contributed by atoms with E-state index in [1.54, 1.807) is 26.0 Å². The lowest BCUT2D eigenvalue weighted by Crippen LogP contribution is -2.26. The van der Waals surface area contributed by atoms with Gasteiger partial charge in [0.2, 0.25) is 0 Å². The lowest BCUT2D eigenvalue weighted by Gasteiger charge is -2.13. The zero-order valence-corrected chi connectivity index (χ0v) is 8.96. The van der Waals surface area contributed by atoms with Crippen LogP contribution in [0.4, 0.5) is 4.39 Å².